The number of ether oxygens (including phenoxy) is 1. The molecule has 0 spiro atoms. The monoisotopic (exact) mass is 276 g/mol. The number of methoxy groups -OCH3 is 1. The molecule has 0 aliphatic heterocycles. The van der Waals surface area contributed by atoms with Crippen molar-refractivity contribution in [3.05, 3.63) is 24.0 Å². The van der Waals surface area contributed by atoms with E-state index >= 15 is 0 Å². The molecule has 20 heavy (non-hydrogen) atoms. The molecule has 0 unspecified atom stereocenters. The summed E-state index contributed by atoms with van der Waals surface area (Å²) in [5.74, 6) is 0.306. The fraction of sp³-hybridized carbons (Fsp3) is 0.600. The quantitative estimate of drug-likeness (QED) is 0.848. The van der Waals surface area contributed by atoms with Crippen molar-refractivity contribution >= 4 is 11.9 Å². The number of fused-ring (bicyclic) bond motifs is 2. The number of hydrogen-bond donors (Lipinski definition) is 1. The third-order valence-electron chi connectivity index (χ3n) is 4.86. The molecule has 1 heterocycles. The minimum Gasteiger partial charge on any atom is -0.469 e. The van der Waals surface area contributed by atoms with E-state index in [9.17, 15) is 9.59 Å². The fourth-order valence-corrected chi connectivity index (χ4v) is 3.90. The van der Waals surface area contributed by atoms with Crippen molar-refractivity contribution in [2.45, 2.75) is 25.3 Å². The van der Waals surface area contributed by atoms with E-state index in [2.05, 4.69) is 5.32 Å². The standard InChI is InChI=1S/C15H20N2O3/c1-17-7-3-4-11(17)14(18)16-13-10-6-5-9(8-10)12(13)15(19)20-2/h3-4,7,9-10,12-13H,5-6,8H2,1-2H3,(H,16,18)/t9-,10-,12+,13+/m0/s1. The molecule has 0 radical (unpaired) electrons. The number of carbonyl (C=O) groups excluding carboxylic acids is 2. The molecule has 4 atom stereocenters. The highest BCUT2D eigenvalue weighted by molar-refractivity contribution is 5.93. The van der Waals surface area contributed by atoms with Gasteiger partial charge in [-0.25, -0.2) is 0 Å². The van der Waals surface area contributed by atoms with Gasteiger partial charge in [0.05, 0.1) is 13.0 Å². The molecule has 1 aromatic rings. The first-order chi connectivity index (χ1) is 9.61. The van der Waals surface area contributed by atoms with Gasteiger partial charge in [-0.2, -0.15) is 0 Å². The zero-order chi connectivity index (χ0) is 14.3. The fourth-order valence-electron chi connectivity index (χ4n) is 3.90. The van der Waals surface area contributed by atoms with Crippen molar-refractivity contribution in [1.82, 2.24) is 9.88 Å². The van der Waals surface area contributed by atoms with Gasteiger partial charge in [0.15, 0.2) is 0 Å². The van der Waals surface area contributed by atoms with Gasteiger partial charge >= 0.3 is 5.97 Å². The van der Waals surface area contributed by atoms with Crippen molar-refractivity contribution in [1.29, 1.82) is 0 Å². The van der Waals surface area contributed by atoms with Crippen LogP contribution in [0.25, 0.3) is 0 Å². The lowest BCUT2D eigenvalue weighted by Gasteiger charge is -2.29. The van der Waals surface area contributed by atoms with E-state index in [0.29, 0.717) is 17.5 Å². The van der Waals surface area contributed by atoms with Crippen LogP contribution in [0.3, 0.4) is 0 Å². The maximum Gasteiger partial charge on any atom is 0.311 e. The second kappa shape index (κ2) is 4.96. The second-order valence-electron chi connectivity index (χ2n) is 5.89. The molecule has 3 rings (SSSR count). The third-order valence-corrected chi connectivity index (χ3v) is 4.86. The summed E-state index contributed by atoms with van der Waals surface area (Å²) in [5, 5.41) is 3.06. The highest BCUT2D eigenvalue weighted by Crippen LogP contribution is 2.48. The van der Waals surface area contributed by atoms with E-state index in [0.717, 1.165) is 19.3 Å². The molecule has 1 N–H and O–H groups in total. The number of nitrogens with zero attached hydrogens (tertiary/aromatic N) is 1. The van der Waals surface area contributed by atoms with Crippen LogP contribution in [0.5, 0.6) is 0 Å². The Bertz CT molecular complexity index is 537. The van der Waals surface area contributed by atoms with Crippen LogP contribution < -0.4 is 5.32 Å². The highest BCUT2D eigenvalue weighted by Gasteiger charge is 2.52. The SMILES string of the molecule is COC(=O)[C@@H]1[C@H]2CC[C@@H](C2)[C@H]1NC(=O)c1cccn1C. The predicted molar refractivity (Wildman–Crippen MR) is 73.0 cm³/mol. The van der Waals surface area contributed by atoms with Crippen molar-refractivity contribution in [3.63, 3.8) is 0 Å². The summed E-state index contributed by atoms with van der Waals surface area (Å²) < 4.78 is 6.70. The molecule has 1 amide bonds. The van der Waals surface area contributed by atoms with Crippen LogP contribution in [-0.2, 0) is 16.6 Å². The minimum atomic E-state index is -0.186. The molecule has 5 nitrogen and oxygen atoms in total. The molecule has 2 bridgehead atoms. The summed E-state index contributed by atoms with van der Waals surface area (Å²) in [7, 11) is 3.26. The predicted octanol–water partition coefficient (Wildman–Crippen LogP) is 1.34. The number of carbonyl (C=O) groups is 2. The second-order valence-corrected chi connectivity index (χ2v) is 5.89. The zero-order valence-corrected chi connectivity index (χ0v) is 11.8. The van der Waals surface area contributed by atoms with Gasteiger partial charge in [-0.05, 0) is 43.2 Å². The molecule has 0 saturated heterocycles. The van der Waals surface area contributed by atoms with Crippen molar-refractivity contribution in [3.8, 4) is 0 Å². The normalized spacial score (nSPS) is 31.3. The first-order valence-corrected chi connectivity index (χ1v) is 7.12. The largest absolute Gasteiger partial charge is 0.469 e. The van der Waals surface area contributed by atoms with E-state index in [1.165, 1.54) is 7.11 Å². The van der Waals surface area contributed by atoms with E-state index in [4.69, 9.17) is 4.74 Å². The number of hydrogen-bond acceptors (Lipinski definition) is 3. The number of rotatable bonds is 3. The Kier molecular flexibility index (Phi) is 3.28. The lowest BCUT2D eigenvalue weighted by molar-refractivity contribution is -0.148. The summed E-state index contributed by atoms with van der Waals surface area (Å²) in [6.45, 7) is 0. The first-order valence-electron chi connectivity index (χ1n) is 7.12. The molecule has 1 aromatic heterocycles. The Balaban J connectivity index is 1.77. The maximum atomic E-state index is 12.3. The van der Waals surface area contributed by atoms with Crippen molar-refractivity contribution in [2.75, 3.05) is 7.11 Å². The molecule has 2 saturated carbocycles. The first kappa shape index (κ1) is 13.2. The lowest BCUT2D eigenvalue weighted by atomic mass is 9.84. The molecule has 2 fully saturated rings. The van der Waals surface area contributed by atoms with Crippen molar-refractivity contribution in [2.24, 2.45) is 24.8 Å². The maximum absolute atomic E-state index is 12.3. The van der Waals surface area contributed by atoms with Gasteiger partial charge in [0.2, 0.25) is 0 Å². The number of aromatic nitrogens is 1. The van der Waals surface area contributed by atoms with Crippen LogP contribution >= 0.6 is 0 Å². The van der Waals surface area contributed by atoms with Gasteiger partial charge < -0.3 is 14.6 Å². The van der Waals surface area contributed by atoms with Crippen LogP contribution in [0, 0.1) is 17.8 Å². The van der Waals surface area contributed by atoms with E-state index in [1.54, 1.807) is 10.6 Å². The molecule has 5 heteroatoms. The molecule has 2 aliphatic rings. The molecular weight excluding hydrogens is 256 g/mol. The van der Waals surface area contributed by atoms with Crippen LogP contribution in [-0.4, -0.2) is 29.6 Å². The number of esters is 1. The summed E-state index contributed by atoms with van der Waals surface area (Å²) >= 11 is 0. The zero-order valence-electron chi connectivity index (χ0n) is 11.8. The topological polar surface area (TPSA) is 60.3 Å². The van der Waals surface area contributed by atoms with E-state index in [-0.39, 0.29) is 23.8 Å². The van der Waals surface area contributed by atoms with Gasteiger partial charge in [-0.3, -0.25) is 9.59 Å². The van der Waals surface area contributed by atoms with Gasteiger partial charge in [-0.15, -0.1) is 0 Å². The van der Waals surface area contributed by atoms with Crippen LogP contribution in [0.4, 0.5) is 0 Å². The smallest absolute Gasteiger partial charge is 0.311 e. The summed E-state index contributed by atoms with van der Waals surface area (Å²) in [4.78, 5) is 24.3. The van der Waals surface area contributed by atoms with E-state index < -0.39 is 0 Å². The number of nitrogens with one attached hydrogen (secondary N) is 1. The van der Waals surface area contributed by atoms with Gasteiger partial charge in [0.25, 0.3) is 5.91 Å². The van der Waals surface area contributed by atoms with Crippen LogP contribution in [0.2, 0.25) is 0 Å². The average molecular weight is 276 g/mol. The third kappa shape index (κ3) is 2.01. The summed E-state index contributed by atoms with van der Waals surface area (Å²) in [6, 6.07) is 3.55. The Morgan fingerprint density at radius 2 is 2.10 bits per heavy atom. The number of amides is 1. The minimum absolute atomic E-state index is 0.0800. The molecular formula is C15H20N2O3. The van der Waals surface area contributed by atoms with Crippen LogP contribution in [0.1, 0.15) is 29.8 Å². The summed E-state index contributed by atoms with van der Waals surface area (Å²) in [5.41, 5.74) is 0.622. The molecule has 0 aromatic carbocycles. The van der Waals surface area contributed by atoms with E-state index in [1.807, 2.05) is 19.3 Å². The van der Waals surface area contributed by atoms with Gasteiger partial charge in [-0.1, -0.05) is 0 Å². The molecule has 108 valence electrons. The Morgan fingerprint density at radius 1 is 1.35 bits per heavy atom. The van der Waals surface area contributed by atoms with Gasteiger partial charge in [0, 0.05) is 19.3 Å². The van der Waals surface area contributed by atoms with Gasteiger partial charge in [0.1, 0.15) is 5.69 Å². The molecule has 2 aliphatic carbocycles. The highest BCUT2D eigenvalue weighted by atomic mass is 16.5. The number of aryl methyl sites for hydroxylation is 1. The Morgan fingerprint density at radius 3 is 2.75 bits per heavy atom. The summed E-state index contributed by atoms with van der Waals surface area (Å²) in [6.07, 6.45) is 5.03. The Hall–Kier alpha value is -1.78. The lowest BCUT2D eigenvalue weighted by Crippen LogP contribution is -2.47. The van der Waals surface area contributed by atoms with Crippen molar-refractivity contribution < 1.29 is 14.3 Å². The average Bonchev–Trinajstić information content (AvgIpc) is 3.13. The Labute approximate surface area is 118 Å². The van der Waals surface area contributed by atoms with Crippen LogP contribution in [0.15, 0.2) is 18.3 Å².